The predicted molar refractivity (Wildman–Crippen MR) is 79.0 cm³/mol. The van der Waals surface area contributed by atoms with E-state index >= 15 is 0 Å². The number of hydrogen-bond acceptors (Lipinski definition) is 4. The van der Waals surface area contributed by atoms with Gasteiger partial charge in [0, 0.05) is 0 Å². The maximum atomic E-state index is 11.0. The van der Waals surface area contributed by atoms with E-state index in [1.165, 1.54) is 6.07 Å². The monoisotopic (exact) mass is 393 g/mol. The molecular formula is C12H13Br2NO4. The molecule has 0 atom stereocenters. The molecule has 0 amide bonds. The van der Waals surface area contributed by atoms with E-state index in [9.17, 15) is 4.79 Å². The summed E-state index contributed by atoms with van der Waals surface area (Å²) >= 11 is 6.54. The Morgan fingerprint density at radius 3 is 2.68 bits per heavy atom. The van der Waals surface area contributed by atoms with Crippen LogP contribution in [0.5, 0.6) is 5.75 Å². The molecule has 0 radical (unpaired) electrons. The summed E-state index contributed by atoms with van der Waals surface area (Å²) in [5.41, 5.74) is 0.791. The van der Waals surface area contributed by atoms with Crippen LogP contribution in [0.1, 0.15) is 24.2 Å². The van der Waals surface area contributed by atoms with Crippen molar-refractivity contribution in [3.63, 3.8) is 0 Å². The maximum Gasteiger partial charge on any atom is 0.336 e. The van der Waals surface area contributed by atoms with Crippen LogP contribution in [0.2, 0.25) is 0 Å². The van der Waals surface area contributed by atoms with E-state index in [0.717, 1.165) is 0 Å². The Balaban J connectivity index is 2.89. The van der Waals surface area contributed by atoms with Gasteiger partial charge in [-0.25, -0.2) is 4.79 Å². The van der Waals surface area contributed by atoms with Crippen molar-refractivity contribution in [2.75, 3.05) is 13.2 Å². The van der Waals surface area contributed by atoms with Gasteiger partial charge in [-0.05, 0) is 57.8 Å². The van der Waals surface area contributed by atoms with Crippen LogP contribution < -0.4 is 4.74 Å². The third kappa shape index (κ3) is 4.50. The summed E-state index contributed by atoms with van der Waals surface area (Å²) in [4.78, 5) is 15.9. The van der Waals surface area contributed by atoms with Crippen molar-refractivity contribution in [1.82, 2.24) is 0 Å². The van der Waals surface area contributed by atoms with E-state index in [1.54, 1.807) is 13.0 Å². The minimum atomic E-state index is -1.02. The first kappa shape index (κ1) is 16.0. The molecule has 19 heavy (non-hydrogen) atoms. The predicted octanol–water partition coefficient (Wildman–Crippen LogP) is 3.70. The third-order valence-corrected chi connectivity index (χ3v) is 3.47. The lowest BCUT2D eigenvalue weighted by Crippen LogP contribution is -2.10. The Bertz CT molecular complexity index is 503. The highest BCUT2D eigenvalue weighted by molar-refractivity contribution is 9.11. The Labute approximate surface area is 127 Å². The molecule has 1 N–H and O–H groups in total. The van der Waals surface area contributed by atoms with Crippen LogP contribution in [-0.4, -0.2) is 30.0 Å². The molecule has 5 nitrogen and oxygen atoms in total. The molecule has 0 saturated heterocycles. The first-order chi connectivity index (χ1) is 8.97. The van der Waals surface area contributed by atoms with Gasteiger partial charge in [-0.1, -0.05) is 5.16 Å². The van der Waals surface area contributed by atoms with Gasteiger partial charge in [0.1, 0.15) is 19.0 Å². The minimum absolute atomic E-state index is 0.137. The van der Waals surface area contributed by atoms with Gasteiger partial charge in [0.15, 0.2) is 0 Å². The lowest BCUT2D eigenvalue weighted by Gasteiger charge is -2.11. The molecule has 104 valence electrons. The molecule has 0 fully saturated rings. The number of oxime groups is 1. The zero-order valence-corrected chi connectivity index (χ0v) is 13.6. The number of halogens is 2. The van der Waals surface area contributed by atoms with Gasteiger partial charge in [0.2, 0.25) is 0 Å². The fourth-order valence-electron chi connectivity index (χ4n) is 1.21. The lowest BCUT2D eigenvalue weighted by molar-refractivity contribution is 0.0695. The molecule has 0 bridgehead atoms. The molecule has 1 aromatic carbocycles. The fourth-order valence-corrected chi connectivity index (χ4v) is 2.55. The van der Waals surface area contributed by atoms with Gasteiger partial charge in [-0.15, -0.1) is 0 Å². The van der Waals surface area contributed by atoms with E-state index in [4.69, 9.17) is 14.7 Å². The lowest BCUT2D eigenvalue weighted by atomic mass is 10.2. The van der Waals surface area contributed by atoms with E-state index in [2.05, 4.69) is 37.0 Å². The number of carbonyl (C=O) groups is 1. The number of carboxylic acids is 1. The highest BCUT2D eigenvalue weighted by Crippen LogP contribution is 2.36. The summed E-state index contributed by atoms with van der Waals surface area (Å²) in [5, 5.41) is 12.8. The minimum Gasteiger partial charge on any atom is -0.485 e. The van der Waals surface area contributed by atoms with Crippen molar-refractivity contribution < 1.29 is 19.5 Å². The number of nitrogens with zero attached hydrogens (tertiary/aromatic N) is 1. The maximum absolute atomic E-state index is 11.0. The Hall–Kier alpha value is -1.08. The quantitative estimate of drug-likeness (QED) is 0.590. The fraction of sp³-hybridized carbons (Fsp3) is 0.333. The van der Waals surface area contributed by atoms with Gasteiger partial charge >= 0.3 is 5.97 Å². The largest absolute Gasteiger partial charge is 0.485 e. The van der Waals surface area contributed by atoms with E-state index < -0.39 is 5.97 Å². The molecule has 0 unspecified atom stereocenters. The average Bonchev–Trinajstić information content (AvgIpc) is 2.35. The van der Waals surface area contributed by atoms with Crippen LogP contribution in [-0.2, 0) is 4.84 Å². The summed E-state index contributed by atoms with van der Waals surface area (Å²) < 4.78 is 6.60. The molecule has 0 aliphatic carbocycles. The topological polar surface area (TPSA) is 68.1 Å². The Morgan fingerprint density at radius 2 is 2.11 bits per heavy atom. The summed E-state index contributed by atoms with van der Waals surface area (Å²) in [6.45, 7) is 4.29. The Morgan fingerprint density at radius 1 is 1.42 bits per heavy atom. The van der Waals surface area contributed by atoms with E-state index in [-0.39, 0.29) is 12.2 Å². The molecule has 0 saturated carbocycles. The van der Waals surface area contributed by atoms with Gasteiger partial charge in [0.25, 0.3) is 0 Å². The normalized spacial score (nSPS) is 11.3. The number of rotatable bonds is 6. The summed E-state index contributed by atoms with van der Waals surface area (Å²) in [6, 6.07) is 3.11. The van der Waals surface area contributed by atoms with Crippen LogP contribution in [0.3, 0.4) is 0 Å². The number of benzene rings is 1. The summed E-state index contributed by atoms with van der Waals surface area (Å²) in [7, 11) is 0. The second-order valence-corrected chi connectivity index (χ2v) is 5.22. The van der Waals surface area contributed by atoms with Crippen LogP contribution in [0.15, 0.2) is 26.2 Å². The van der Waals surface area contributed by atoms with Gasteiger partial charge in [-0.2, -0.15) is 0 Å². The molecule has 0 aliphatic heterocycles. The molecular weight excluding hydrogens is 382 g/mol. The van der Waals surface area contributed by atoms with E-state index in [1.807, 2.05) is 6.92 Å². The standard InChI is InChI=1S/C12H13Br2NO4/c1-3-19-15-7(2)6-18-11-9(13)5-4-8(10(11)14)12(16)17/h4-5H,3,6H2,1-2H3,(H,16,17)/b15-7-. The van der Waals surface area contributed by atoms with Crippen LogP contribution in [0.25, 0.3) is 0 Å². The van der Waals surface area contributed by atoms with Crippen molar-refractivity contribution in [2.24, 2.45) is 5.16 Å². The highest BCUT2D eigenvalue weighted by Gasteiger charge is 2.16. The zero-order valence-electron chi connectivity index (χ0n) is 10.4. The molecule has 0 aromatic heterocycles. The van der Waals surface area contributed by atoms with Crippen molar-refractivity contribution >= 4 is 43.5 Å². The third-order valence-electron chi connectivity index (χ3n) is 2.05. The first-order valence-corrected chi connectivity index (χ1v) is 7.05. The SMILES string of the molecule is CCO/N=C(/C)COc1c(Br)ccc(C(=O)O)c1Br. The van der Waals surface area contributed by atoms with Crippen molar-refractivity contribution in [3.8, 4) is 5.75 Å². The second-order valence-electron chi connectivity index (χ2n) is 3.58. The summed E-state index contributed by atoms with van der Waals surface area (Å²) in [5.74, 6) is -0.602. The molecule has 0 heterocycles. The second kappa shape index (κ2) is 7.49. The first-order valence-electron chi connectivity index (χ1n) is 5.46. The van der Waals surface area contributed by atoms with Crippen molar-refractivity contribution in [1.29, 1.82) is 0 Å². The molecule has 0 aliphatic rings. The number of ether oxygens (including phenoxy) is 1. The molecule has 7 heteroatoms. The van der Waals surface area contributed by atoms with Gasteiger partial charge in [-0.3, -0.25) is 0 Å². The van der Waals surface area contributed by atoms with Crippen molar-refractivity contribution in [3.05, 3.63) is 26.6 Å². The average molecular weight is 395 g/mol. The number of carboxylic acid groups (broad SMARTS) is 1. The molecule has 1 aromatic rings. The summed E-state index contributed by atoms with van der Waals surface area (Å²) in [6.07, 6.45) is 0. The van der Waals surface area contributed by atoms with Crippen molar-refractivity contribution in [2.45, 2.75) is 13.8 Å². The van der Waals surface area contributed by atoms with E-state index in [0.29, 0.717) is 27.0 Å². The number of hydrogen-bond donors (Lipinski definition) is 1. The van der Waals surface area contributed by atoms with Crippen LogP contribution in [0.4, 0.5) is 0 Å². The Kier molecular flexibility index (Phi) is 6.30. The van der Waals surface area contributed by atoms with Crippen LogP contribution >= 0.6 is 31.9 Å². The highest BCUT2D eigenvalue weighted by atomic mass is 79.9. The van der Waals surface area contributed by atoms with Gasteiger partial charge in [0.05, 0.1) is 20.2 Å². The molecule has 1 rings (SSSR count). The smallest absolute Gasteiger partial charge is 0.336 e. The van der Waals surface area contributed by atoms with Gasteiger partial charge < -0.3 is 14.7 Å². The molecule has 0 spiro atoms. The van der Waals surface area contributed by atoms with Crippen LogP contribution in [0, 0.1) is 0 Å². The zero-order chi connectivity index (χ0) is 14.4. The number of aromatic carboxylic acids is 1.